The summed E-state index contributed by atoms with van der Waals surface area (Å²) in [5.74, 6) is -1.10. The van der Waals surface area contributed by atoms with Crippen molar-refractivity contribution in [2.75, 3.05) is 18.9 Å². The third kappa shape index (κ3) is 9.54. The molecule has 0 radical (unpaired) electrons. The van der Waals surface area contributed by atoms with E-state index in [0.717, 1.165) is 27.3 Å². The second-order valence-corrected chi connectivity index (χ2v) is 17.4. The smallest absolute Gasteiger partial charge is 0.254 e. The molecule has 2 aromatic carbocycles. The van der Waals surface area contributed by atoms with Crippen LogP contribution in [0.4, 0.5) is 5.82 Å². The van der Waals surface area contributed by atoms with Gasteiger partial charge in [-0.3, -0.25) is 19.1 Å². The number of phenols is 1. The standard InChI is InChI=1S/C47H50N10O7S/c1-26(2)43(47(62)56-24-34(58)18-38(56)46(61)51-27(3)30-10-12-31(13-11-30)44-28(4)49-25-65-44)40-20-41(54-64-40)63-17-16-55-22-32(14-15-42(55)60)29(5)57-23-33(21-50-57)36-19-37(52-53-45(36)48)35-8-6-7-9-39(35)59/h6-15,19-23,25-27,29,34,38,43,58-59H,16-18,24H2,1-5H3,(H2,48,53)(H,51,61)/t27-,29?,34+,38-,43+/m0/s1. The van der Waals surface area contributed by atoms with E-state index < -0.39 is 18.1 Å². The van der Waals surface area contributed by atoms with Gasteiger partial charge < -0.3 is 40.0 Å². The number of amides is 2. The molecule has 1 aliphatic rings. The van der Waals surface area contributed by atoms with Crippen molar-refractivity contribution in [1.82, 2.24) is 44.9 Å². The minimum atomic E-state index is -0.882. The molecule has 18 heteroatoms. The van der Waals surface area contributed by atoms with Crippen LogP contribution in [0, 0.1) is 12.8 Å². The van der Waals surface area contributed by atoms with Gasteiger partial charge in [0, 0.05) is 54.2 Å². The number of aliphatic hydroxyl groups is 1. The number of phenolic OH excluding ortho intramolecular Hbond substituents is 1. The number of nitrogens with two attached hydrogens (primary N) is 1. The molecule has 0 spiro atoms. The topological polar surface area (TPSA) is 230 Å². The molecule has 7 aromatic rings. The van der Waals surface area contributed by atoms with Crippen LogP contribution in [0.1, 0.15) is 74.7 Å². The Kier molecular flexibility index (Phi) is 12.9. The number of hydrogen-bond donors (Lipinski definition) is 4. The van der Waals surface area contributed by atoms with Crippen molar-refractivity contribution < 1.29 is 29.1 Å². The molecule has 2 amide bonds. The highest BCUT2D eigenvalue weighted by atomic mass is 32.1. The molecular weight excluding hydrogens is 849 g/mol. The lowest BCUT2D eigenvalue weighted by atomic mass is 9.91. The molecule has 1 fully saturated rings. The molecular formula is C47H50N10O7S. The number of benzene rings is 2. The number of aliphatic hydroxyl groups excluding tert-OH is 1. The zero-order valence-corrected chi connectivity index (χ0v) is 37.3. The van der Waals surface area contributed by atoms with E-state index in [0.29, 0.717) is 22.4 Å². The highest BCUT2D eigenvalue weighted by Gasteiger charge is 2.43. The number of aryl methyl sites for hydroxylation is 1. The van der Waals surface area contributed by atoms with Gasteiger partial charge in [0.2, 0.25) is 11.8 Å². The number of thiazole rings is 1. The van der Waals surface area contributed by atoms with Crippen LogP contribution in [0.2, 0.25) is 0 Å². The highest BCUT2D eigenvalue weighted by Crippen LogP contribution is 2.35. The first-order valence-electron chi connectivity index (χ1n) is 21.3. The minimum Gasteiger partial charge on any atom is -0.507 e. The Morgan fingerprint density at radius 3 is 2.49 bits per heavy atom. The summed E-state index contributed by atoms with van der Waals surface area (Å²) >= 11 is 1.57. The molecule has 5 atom stereocenters. The maximum Gasteiger partial charge on any atom is 0.254 e. The molecule has 1 unspecified atom stereocenters. The maximum atomic E-state index is 14.2. The average Bonchev–Trinajstić information content (AvgIpc) is 4.13. The van der Waals surface area contributed by atoms with Crippen molar-refractivity contribution in [3.8, 4) is 44.5 Å². The summed E-state index contributed by atoms with van der Waals surface area (Å²) in [4.78, 5) is 47.7. The van der Waals surface area contributed by atoms with E-state index in [9.17, 15) is 24.6 Å². The number of aromatic hydroxyl groups is 1. The van der Waals surface area contributed by atoms with E-state index in [-0.39, 0.29) is 84.7 Å². The van der Waals surface area contributed by atoms with Gasteiger partial charge in [-0.1, -0.05) is 50.2 Å². The predicted molar refractivity (Wildman–Crippen MR) is 244 cm³/mol. The second kappa shape index (κ2) is 18.9. The number of nitrogens with one attached hydrogen (secondary N) is 1. The number of carbonyl (C=O) groups is 2. The number of nitrogen functional groups attached to an aromatic ring is 1. The Morgan fingerprint density at radius 1 is 0.985 bits per heavy atom. The Morgan fingerprint density at radius 2 is 1.75 bits per heavy atom. The Hall–Kier alpha value is -7.18. The predicted octanol–water partition coefficient (Wildman–Crippen LogP) is 6.14. The minimum absolute atomic E-state index is 0.00146. The number of rotatable bonds is 15. The molecule has 0 bridgehead atoms. The summed E-state index contributed by atoms with van der Waals surface area (Å²) in [5.41, 5.74) is 13.8. The molecule has 1 saturated heterocycles. The van der Waals surface area contributed by atoms with Crippen LogP contribution in [-0.4, -0.2) is 86.9 Å². The quantitative estimate of drug-likeness (QED) is 0.0907. The first kappa shape index (κ1) is 44.4. The first-order valence-corrected chi connectivity index (χ1v) is 22.2. The summed E-state index contributed by atoms with van der Waals surface area (Å²) in [5, 5.41) is 41.0. The Bertz CT molecular complexity index is 2870. The lowest BCUT2D eigenvalue weighted by Crippen LogP contribution is -2.48. The van der Waals surface area contributed by atoms with E-state index >= 15 is 0 Å². The molecule has 5 N–H and O–H groups in total. The van der Waals surface area contributed by atoms with Crippen LogP contribution >= 0.6 is 11.3 Å². The SMILES string of the molecule is Cc1ncsc1-c1ccc([C@H](C)NC(=O)[C@@H]2C[C@@H](O)CN2C(=O)[C@@H](c2cc(OCCn3cc(C(C)n4cc(-c5cc(-c6ccccc6O)nnc5N)cn4)ccc3=O)no2)C(C)C)cc1. The van der Waals surface area contributed by atoms with Crippen molar-refractivity contribution in [2.24, 2.45) is 5.92 Å². The van der Waals surface area contributed by atoms with Crippen LogP contribution < -0.4 is 21.3 Å². The monoisotopic (exact) mass is 898 g/mol. The maximum absolute atomic E-state index is 14.2. The van der Waals surface area contributed by atoms with Crippen molar-refractivity contribution in [2.45, 2.75) is 77.7 Å². The number of hydrogen-bond acceptors (Lipinski definition) is 14. The van der Waals surface area contributed by atoms with E-state index in [1.165, 1.54) is 15.5 Å². The Balaban J connectivity index is 0.891. The zero-order valence-electron chi connectivity index (χ0n) is 36.5. The number of likely N-dealkylation sites (tertiary alicyclic amines) is 1. The van der Waals surface area contributed by atoms with E-state index in [1.807, 2.05) is 70.6 Å². The van der Waals surface area contributed by atoms with E-state index in [2.05, 4.69) is 30.8 Å². The number of pyridine rings is 1. The van der Waals surface area contributed by atoms with Crippen LogP contribution in [0.5, 0.6) is 11.6 Å². The first-order chi connectivity index (χ1) is 31.2. The summed E-state index contributed by atoms with van der Waals surface area (Å²) in [6, 6.07) is 19.8. The van der Waals surface area contributed by atoms with E-state index in [1.54, 1.807) is 70.9 Å². The van der Waals surface area contributed by atoms with Crippen LogP contribution in [0.25, 0.3) is 32.8 Å². The average molecular weight is 899 g/mol. The number of anilines is 1. The summed E-state index contributed by atoms with van der Waals surface area (Å²) in [6.45, 7) is 9.80. The third-order valence-electron chi connectivity index (χ3n) is 11.8. The van der Waals surface area contributed by atoms with Crippen LogP contribution in [-0.2, 0) is 16.1 Å². The van der Waals surface area contributed by atoms with Crippen LogP contribution in [0.3, 0.4) is 0 Å². The van der Waals surface area contributed by atoms with Crippen molar-refractivity contribution in [3.05, 3.63) is 130 Å². The van der Waals surface area contributed by atoms with Gasteiger partial charge in [-0.2, -0.15) is 5.10 Å². The van der Waals surface area contributed by atoms with Gasteiger partial charge in [0.1, 0.15) is 24.3 Å². The molecule has 1 aliphatic heterocycles. The largest absolute Gasteiger partial charge is 0.507 e. The summed E-state index contributed by atoms with van der Waals surface area (Å²) < 4.78 is 14.9. The number of β-amino-alcohol motifs (C(OH)–C–C–N with tert-alkyl or cyclic N) is 1. The van der Waals surface area contributed by atoms with Gasteiger partial charge in [0.25, 0.3) is 11.4 Å². The van der Waals surface area contributed by atoms with Gasteiger partial charge in [0.15, 0.2) is 11.6 Å². The third-order valence-corrected chi connectivity index (χ3v) is 12.7. The molecule has 65 heavy (non-hydrogen) atoms. The fraction of sp³-hybridized carbons (Fsp3) is 0.319. The fourth-order valence-electron chi connectivity index (χ4n) is 8.12. The lowest BCUT2D eigenvalue weighted by Gasteiger charge is -2.29. The molecule has 8 rings (SSSR count). The summed E-state index contributed by atoms with van der Waals surface area (Å²) in [7, 11) is 0. The van der Waals surface area contributed by atoms with Gasteiger partial charge in [-0.25, -0.2) is 4.98 Å². The van der Waals surface area contributed by atoms with Crippen molar-refractivity contribution in [1.29, 1.82) is 0 Å². The van der Waals surface area contributed by atoms with Crippen molar-refractivity contribution >= 4 is 29.0 Å². The number of para-hydroxylation sites is 1. The summed E-state index contributed by atoms with van der Waals surface area (Å²) in [6.07, 6.45) is 4.48. The molecule has 17 nitrogen and oxygen atoms in total. The van der Waals surface area contributed by atoms with Gasteiger partial charge in [-0.05, 0) is 72.8 Å². The molecule has 336 valence electrons. The van der Waals surface area contributed by atoms with Gasteiger partial charge >= 0.3 is 0 Å². The fourth-order valence-corrected chi connectivity index (χ4v) is 8.93. The van der Waals surface area contributed by atoms with Gasteiger partial charge in [0.05, 0.1) is 52.7 Å². The van der Waals surface area contributed by atoms with Crippen LogP contribution in [0.15, 0.2) is 106 Å². The second-order valence-electron chi connectivity index (χ2n) is 16.6. The number of aromatic nitrogens is 7. The molecule has 0 aliphatic carbocycles. The lowest BCUT2D eigenvalue weighted by molar-refractivity contribution is -0.141. The normalized spacial score (nSPS) is 16.4. The molecule has 6 heterocycles. The number of ether oxygens (including phenoxy) is 1. The van der Waals surface area contributed by atoms with Crippen molar-refractivity contribution in [3.63, 3.8) is 0 Å². The molecule has 0 saturated carbocycles. The Labute approximate surface area is 378 Å². The number of carbonyl (C=O) groups excluding carboxylic acids is 2. The molecule has 5 aromatic heterocycles. The van der Waals surface area contributed by atoms with Gasteiger partial charge in [-0.15, -0.1) is 21.5 Å². The number of nitrogens with zero attached hydrogens (tertiary/aromatic N) is 8. The van der Waals surface area contributed by atoms with E-state index in [4.69, 9.17) is 15.0 Å². The highest BCUT2D eigenvalue weighted by molar-refractivity contribution is 7.13. The zero-order chi connectivity index (χ0) is 45.9.